The number of hydrogen-bond donors (Lipinski definition) is 3. The van der Waals surface area contributed by atoms with Gasteiger partial charge in [-0.25, -0.2) is 4.57 Å². The molecule has 9 heteroatoms. The van der Waals surface area contributed by atoms with Crippen LogP contribution in [0.4, 0.5) is 11.4 Å². The molecule has 0 saturated heterocycles. The maximum atomic E-state index is 14.0. The third-order valence-corrected chi connectivity index (χ3v) is 12.3. The second-order valence-corrected chi connectivity index (χ2v) is 14.8. The van der Waals surface area contributed by atoms with E-state index in [0.29, 0.717) is 30.6 Å². The topological polar surface area (TPSA) is 122 Å². The lowest BCUT2D eigenvalue weighted by Gasteiger charge is -2.57. The molecule has 3 fully saturated rings. The summed E-state index contributed by atoms with van der Waals surface area (Å²) in [5.74, 6) is -0.535. The van der Waals surface area contributed by atoms with Crippen molar-refractivity contribution >= 4 is 36.4 Å². The summed E-state index contributed by atoms with van der Waals surface area (Å²) in [5, 5.41) is 17.9. The first-order valence-electron chi connectivity index (χ1n) is 14.9. The summed E-state index contributed by atoms with van der Waals surface area (Å²) < 4.78 is 19.8. The minimum absolute atomic E-state index is 0.0122. The first kappa shape index (κ1) is 29.0. The summed E-state index contributed by atoms with van der Waals surface area (Å²) in [6.07, 6.45) is 5.37. The standard InChI is InChI=1S/C33H39N2O6P/c1-31-17-15-25(36)19-22(31)13-14-26-27-16-18-33(39,32(27,2)20-28(37)30(26)31)29(38)21-41-42(40,34-23-9-5-3-6-10-23)35-24-11-7-4-8-12-24/h3-12,19,26-27,30,39H,13-18,20-21H2,1-2H3,(H2,34,35,40)/t26-,27-,30+,31-,32-,33-/m0/s1. The minimum Gasteiger partial charge on any atom is -0.381 e. The average Bonchev–Trinajstić information content (AvgIpc) is 3.23. The van der Waals surface area contributed by atoms with Gasteiger partial charge in [0, 0.05) is 35.5 Å². The fourth-order valence-corrected chi connectivity index (χ4v) is 10.0. The van der Waals surface area contributed by atoms with Crippen molar-refractivity contribution in [3.63, 3.8) is 0 Å². The number of para-hydroxylation sites is 2. The van der Waals surface area contributed by atoms with E-state index in [1.807, 2.05) is 19.1 Å². The molecule has 4 aliphatic rings. The summed E-state index contributed by atoms with van der Waals surface area (Å²) >= 11 is 0. The molecule has 3 N–H and O–H groups in total. The molecule has 8 nitrogen and oxygen atoms in total. The van der Waals surface area contributed by atoms with Crippen molar-refractivity contribution in [1.29, 1.82) is 0 Å². The number of Topliss-reactive ketones (excluding diaryl/α,β-unsaturated/α-hetero) is 2. The second kappa shape index (κ2) is 10.6. The predicted molar refractivity (Wildman–Crippen MR) is 161 cm³/mol. The van der Waals surface area contributed by atoms with Crippen LogP contribution in [0.1, 0.15) is 58.8 Å². The Kier molecular flexibility index (Phi) is 7.32. The third kappa shape index (κ3) is 4.78. The summed E-state index contributed by atoms with van der Waals surface area (Å²) in [5.41, 5.74) is -0.879. The smallest absolute Gasteiger partial charge is 0.381 e. The Morgan fingerprint density at radius 3 is 2.19 bits per heavy atom. The molecule has 0 heterocycles. The van der Waals surface area contributed by atoms with Gasteiger partial charge in [0.15, 0.2) is 11.6 Å². The lowest BCUT2D eigenvalue weighted by atomic mass is 9.46. The number of fused-ring (bicyclic) bond motifs is 5. The van der Waals surface area contributed by atoms with Crippen molar-refractivity contribution < 1.29 is 28.6 Å². The highest BCUT2D eigenvalue weighted by atomic mass is 31.2. The van der Waals surface area contributed by atoms with Crippen LogP contribution in [0.3, 0.4) is 0 Å². The van der Waals surface area contributed by atoms with Gasteiger partial charge in [-0.2, -0.15) is 0 Å². The number of carbonyl (C=O) groups excluding carboxylic acids is 3. The van der Waals surface area contributed by atoms with E-state index >= 15 is 0 Å². The molecule has 222 valence electrons. The van der Waals surface area contributed by atoms with Crippen LogP contribution < -0.4 is 10.2 Å². The number of rotatable bonds is 8. The summed E-state index contributed by atoms with van der Waals surface area (Å²) in [6.45, 7) is 3.42. The fourth-order valence-electron chi connectivity index (χ4n) is 8.57. The van der Waals surface area contributed by atoms with Crippen LogP contribution in [0, 0.1) is 28.6 Å². The van der Waals surface area contributed by atoms with Gasteiger partial charge in [-0.05, 0) is 79.7 Å². The van der Waals surface area contributed by atoms with Gasteiger partial charge < -0.3 is 5.11 Å². The molecule has 6 atom stereocenters. The van der Waals surface area contributed by atoms with Crippen LogP contribution in [-0.4, -0.2) is 34.7 Å². The van der Waals surface area contributed by atoms with Crippen molar-refractivity contribution in [3.05, 3.63) is 72.3 Å². The molecule has 0 bridgehead atoms. The van der Waals surface area contributed by atoms with Gasteiger partial charge in [0.2, 0.25) is 0 Å². The van der Waals surface area contributed by atoms with Crippen LogP contribution in [0.15, 0.2) is 72.3 Å². The summed E-state index contributed by atoms with van der Waals surface area (Å²) in [6, 6.07) is 17.9. The number of hydrogen-bond acceptors (Lipinski definition) is 6. The van der Waals surface area contributed by atoms with Gasteiger partial charge in [0.25, 0.3) is 0 Å². The number of carbonyl (C=O) groups is 3. The first-order chi connectivity index (χ1) is 20.0. The van der Waals surface area contributed by atoms with E-state index in [4.69, 9.17) is 4.52 Å². The Balaban J connectivity index is 1.23. The number of allylic oxidation sites excluding steroid dienone is 1. The average molecular weight is 591 g/mol. The van der Waals surface area contributed by atoms with Gasteiger partial charge in [-0.1, -0.05) is 55.8 Å². The van der Waals surface area contributed by atoms with E-state index in [0.717, 1.165) is 18.4 Å². The number of anilines is 2. The highest BCUT2D eigenvalue weighted by Crippen LogP contribution is 2.66. The summed E-state index contributed by atoms with van der Waals surface area (Å²) in [4.78, 5) is 39.9. The third-order valence-electron chi connectivity index (χ3n) is 10.7. The molecule has 4 aliphatic carbocycles. The molecule has 0 amide bonds. The number of ketones is 3. The number of aliphatic hydroxyl groups is 1. The van der Waals surface area contributed by atoms with Gasteiger partial charge in [0.1, 0.15) is 18.0 Å². The zero-order valence-corrected chi connectivity index (χ0v) is 25.1. The van der Waals surface area contributed by atoms with Gasteiger partial charge >= 0.3 is 7.67 Å². The van der Waals surface area contributed by atoms with E-state index < -0.39 is 31.1 Å². The molecule has 0 aliphatic heterocycles. The SMILES string of the molecule is C[C@]12CCC(=O)C=C1CC[C@@H]1[C@@H]2C(=O)C[C@@]2(C)[C@H]1CC[C@]2(O)C(=O)COP(=O)(Nc1ccccc1)Nc1ccccc1. The van der Waals surface area contributed by atoms with E-state index in [1.54, 1.807) is 54.6 Å². The Bertz CT molecular complexity index is 1430. The maximum Gasteiger partial charge on any atom is 0.392 e. The molecule has 2 aromatic rings. The maximum absolute atomic E-state index is 14.0. The van der Waals surface area contributed by atoms with E-state index in [2.05, 4.69) is 17.1 Å². The highest BCUT2D eigenvalue weighted by molar-refractivity contribution is 7.62. The Morgan fingerprint density at radius 1 is 0.952 bits per heavy atom. The molecule has 3 saturated carbocycles. The molecule has 2 aromatic carbocycles. The Labute approximate surface area is 246 Å². The van der Waals surface area contributed by atoms with E-state index in [-0.39, 0.29) is 47.6 Å². The Morgan fingerprint density at radius 2 is 1.57 bits per heavy atom. The molecule has 0 aromatic heterocycles. The number of nitrogens with one attached hydrogen (secondary N) is 2. The lowest BCUT2D eigenvalue weighted by molar-refractivity contribution is -0.170. The molecule has 6 rings (SSSR count). The summed E-state index contributed by atoms with van der Waals surface area (Å²) in [7, 11) is -3.84. The van der Waals surface area contributed by atoms with Gasteiger partial charge in [-0.3, -0.25) is 29.1 Å². The normalized spacial score (nSPS) is 34.1. The zero-order valence-electron chi connectivity index (χ0n) is 24.2. The molecular weight excluding hydrogens is 551 g/mol. The second-order valence-electron chi connectivity index (χ2n) is 13.0. The molecule has 42 heavy (non-hydrogen) atoms. The van der Waals surface area contributed by atoms with Crippen molar-refractivity contribution in [3.8, 4) is 0 Å². The largest absolute Gasteiger partial charge is 0.392 e. The molecular formula is C33H39N2O6P. The predicted octanol–water partition coefficient (Wildman–Crippen LogP) is 6.35. The van der Waals surface area contributed by atoms with E-state index in [9.17, 15) is 24.1 Å². The highest BCUT2D eigenvalue weighted by Gasteiger charge is 2.68. The van der Waals surface area contributed by atoms with Crippen LogP contribution in [0.2, 0.25) is 0 Å². The molecule has 0 unspecified atom stereocenters. The molecule has 0 spiro atoms. The van der Waals surface area contributed by atoms with Crippen LogP contribution in [-0.2, 0) is 23.5 Å². The monoisotopic (exact) mass is 590 g/mol. The number of benzene rings is 2. The Hall–Kier alpha value is -3.06. The van der Waals surface area contributed by atoms with Crippen LogP contribution >= 0.6 is 7.67 Å². The van der Waals surface area contributed by atoms with Crippen molar-refractivity contribution in [2.24, 2.45) is 28.6 Å². The van der Waals surface area contributed by atoms with Crippen molar-refractivity contribution in [2.45, 2.75) is 64.4 Å². The first-order valence-corrected chi connectivity index (χ1v) is 16.5. The quantitative estimate of drug-likeness (QED) is 0.304. The van der Waals surface area contributed by atoms with E-state index in [1.165, 1.54) is 0 Å². The molecule has 0 radical (unpaired) electrons. The van der Waals surface area contributed by atoms with Gasteiger partial charge in [0.05, 0.1) is 0 Å². The van der Waals surface area contributed by atoms with Crippen LogP contribution in [0.25, 0.3) is 0 Å². The van der Waals surface area contributed by atoms with Crippen LogP contribution in [0.5, 0.6) is 0 Å². The fraction of sp³-hybridized carbons (Fsp3) is 0.485. The lowest BCUT2D eigenvalue weighted by Crippen LogP contribution is -2.61. The van der Waals surface area contributed by atoms with Crippen molar-refractivity contribution in [1.82, 2.24) is 0 Å². The van der Waals surface area contributed by atoms with Crippen molar-refractivity contribution in [2.75, 3.05) is 16.8 Å². The minimum atomic E-state index is -3.84. The van der Waals surface area contributed by atoms with Gasteiger partial charge in [-0.15, -0.1) is 0 Å². The zero-order chi connectivity index (χ0) is 29.8.